The monoisotopic (exact) mass is 388 g/mol. The molecule has 5 nitrogen and oxygen atoms in total. The Hall–Kier alpha value is -1.40. The second kappa shape index (κ2) is 7.55. The molecule has 27 heavy (non-hydrogen) atoms. The summed E-state index contributed by atoms with van der Waals surface area (Å²) in [5.41, 5.74) is 1.38. The van der Waals surface area contributed by atoms with Crippen LogP contribution in [0, 0.1) is 0 Å². The second-order valence-corrected chi connectivity index (χ2v) is 10.3. The van der Waals surface area contributed by atoms with Crippen molar-refractivity contribution in [2.45, 2.75) is 56.4 Å². The minimum Gasteiger partial charge on any atom is -0.339 e. The minimum atomic E-state index is -1.19. The van der Waals surface area contributed by atoms with Crippen molar-refractivity contribution in [1.82, 2.24) is 14.1 Å². The van der Waals surface area contributed by atoms with E-state index in [2.05, 4.69) is 42.7 Å². The highest BCUT2D eigenvalue weighted by atomic mass is 32.2. The van der Waals surface area contributed by atoms with Crippen molar-refractivity contribution in [3.8, 4) is 0 Å². The molecule has 6 heteroatoms. The van der Waals surface area contributed by atoms with E-state index in [-0.39, 0.29) is 5.41 Å². The first-order valence-corrected chi connectivity index (χ1v) is 11.4. The van der Waals surface area contributed by atoms with Crippen LogP contribution in [0.3, 0.4) is 0 Å². The molecule has 0 spiro atoms. The van der Waals surface area contributed by atoms with Gasteiger partial charge in [-0.1, -0.05) is 39.3 Å². The first kappa shape index (κ1) is 18.9. The smallest absolute Gasteiger partial charge is 0.209 e. The van der Waals surface area contributed by atoms with Crippen LogP contribution < -0.4 is 0 Å². The number of piperazine rings is 1. The van der Waals surface area contributed by atoms with Crippen LogP contribution in [0.2, 0.25) is 0 Å². The van der Waals surface area contributed by atoms with Crippen molar-refractivity contribution in [1.29, 1.82) is 0 Å². The fourth-order valence-electron chi connectivity index (χ4n) is 4.07. The second-order valence-electron chi connectivity index (χ2n) is 8.92. The van der Waals surface area contributed by atoms with Gasteiger partial charge in [-0.3, -0.25) is 14.2 Å². The first-order chi connectivity index (χ1) is 12.9. The fraction of sp³-hybridized carbons (Fsp3) is 0.667. The Morgan fingerprint density at radius 1 is 1.00 bits per heavy atom. The van der Waals surface area contributed by atoms with Gasteiger partial charge in [0.2, 0.25) is 5.96 Å². The van der Waals surface area contributed by atoms with Crippen LogP contribution in [0.5, 0.6) is 0 Å². The number of rotatable bonds is 3. The van der Waals surface area contributed by atoms with E-state index in [1.165, 1.54) is 24.8 Å². The maximum absolute atomic E-state index is 13.2. The summed E-state index contributed by atoms with van der Waals surface area (Å²) in [6.07, 6.45) is 4.11. The highest BCUT2D eigenvalue weighted by Gasteiger charge is 2.33. The molecular weight excluding hydrogens is 356 g/mol. The van der Waals surface area contributed by atoms with Crippen molar-refractivity contribution in [3.63, 3.8) is 0 Å². The highest BCUT2D eigenvalue weighted by molar-refractivity contribution is 7.83. The molecule has 0 bridgehead atoms. The number of hydrogen-bond acceptors (Lipinski definition) is 4. The van der Waals surface area contributed by atoms with E-state index in [4.69, 9.17) is 4.99 Å². The largest absolute Gasteiger partial charge is 0.339 e. The molecule has 0 radical (unpaired) electrons. The van der Waals surface area contributed by atoms with Crippen LogP contribution in [0.25, 0.3) is 0 Å². The lowest BCUT2D eigenvalue weighted by Gasteiger charge is -2.44. The van der Waals surface area contributed by atoms with E-state index in [1.807, 2.05) is 16.4 Å². The number of benzene rings is 1. The molecule has 1 aromatic carbocycles. The standard InChI is InChI=1S/C21H32N4OS/c1-21(2,3)17-7-9-19(10-8-17)27(26)25-12-11-22-20(25)24-15-13-23(14-16-24)18-5-4-6-18/h7-10,18H,4-6,11-16H2,1-3H3. The minimum absolute atomic E-state index is 0.112. The molecule has 3 aliphatic rings. The molecule has 2 aliphatic heterocycles. The summed E-state index contributed by atoms with van der Waals surface area (Å²) in [4.78, 5) is 10.5. The van der Waals surface area contributed by atoms with Crippen molar-refractivity contribution >= 4 is 16.9 Å². The maximum Gasteiger partial charge on any atom is 0.209 e. The Bertz CT molecular complexity index is 713. The topological polar surface area (TPSA) is 39.2 Å². The molecule has 0 amide bonds. The first-order valence-electron chi connectivity index (χ1n) is 10.3. The van der Waals surface area contributed by atoms with Gasteiger partial charge in [0.15, 0.2) is 11.0 Å². The van der Waals surface area contributed by atoms with Crippen LogP contribution in [-0.2, 0) is 16.4 Å². The summed E-state index contributed by atoms with van der Waals surface area (Å²) < 4.78 is 15.2. The van der Waals surface area contributed by atoms with Crippen molar-refractivity contribution in [3.05, 3.63) is 29.8 Å². The average Bonchev–Trinajstić information content (AvgIpc) is 3.09. The number of nitrogens with zero attached hydrogens (tertiary/aromatic N) is 4. The quantitative estimate of drug-likeness (QED) is 0.799. The Labute approximate surface area is 166 Å². The zero-order chi connectivity index (χ0) is 19.0. The Kier molecular flexibility index (Phi) is 5.30. The normalized spacial score (nSPS) is 23.3. The van der Waals surface area contributed by atoms with Gasteiger partial charge >= 0.3 is 0 Å². The third-order valence-corrected chi connectivity index (χ3v) is 7.51. The molecule has 2 fully saturated rings. The van der Waals surface area contributed by atoms with Gasteiger partial charge in [0.25, 0.3) is 0 Å². The van der Waals surface area contributed by atoms with E-state index in [0.717, 1.165) is 56.2 Å². The molecule has 4 rings (SSSR count). The summed E-state index contributed by atoms with van der Waals surface area (Å²) in [7, 11) is -1.19. The third-order valence-electron chi connectivity index (χ3n) is 6.09. The van der Waals surface area contributed by atoms with E-state index in [0.29, 0.717) is 0 Å². The predicted octanol–water partition coefficient (Wildman–Crippen LogP) is 2.85. The van der Waals surface area contributed by atoms with Crippen LogP contribution in [0.4, 0.5) is 0 Å². The molecule has 0 N–H and O–H groups in total. The van der Waals surface area contributed by atoms with Gasteiger partial charge in [-0.25, -0.2) is 4.21 Å². The molecule has 0 aromatic heterocycles. The van der Waals surface area contributed by atoms with E-state index >= 15 is 0 Å². The van der Waals surface area contributed by atoms with Gasteiger partial charge in [0.05, 0.1) is 18.0 Å². The number of hydrogen-bond donors (Lipinski definition) is 0. The highest BCUT2D eigenvalue weighted by Crippen LogP contribution is 2.27. The molecule has 1 saturated heterocycles. The Morgan fingerprint density at radius 2 is 1.67 bits per heavy atom. The summed E-state index contributed by atoms with van der Waals surface area (Å²) >= 11 is 0. The molecular formula is C21H32N4OS. The SMILES string of the molecule is CC(C)(C)c1ccc(S(=O)N2CCN=C2N2CCN(C3CCC3)CC2)cc1. The molecule has 1 aromatic rings. The molecule has 1 atom stereocenters. The number of aliphatic imine (C=N–C) groups is 1. The molecule has 1 saturated carbocycles. The van der Waals surface area contributed by atoms with E-state index in [1.54, 1.807) is 0 Å². The van der Waals surface area contributed by atoms with Gasteiger partial charge in [-0.15, -0.1) is 0 Å². The summed E-state index contributed by atoms with van der Waals surface area (Å²) in [6.45, 7) is 12.3. The van der Waals surface area contributed by atoms with E-state index < -0.39 is 11.0 Å². The third kappa shape index (κ3) is 3.92. The predicted molar refractivity (Wildman–Crippen MR) is 111 cm³/mol. The molecule has 148 valence electrons. The Morgan fingerprint density at radius 3 is 2.22 bits per heavy atom. The van der Waals surface area contributed by atoms with Gasteiger partial charge in [-0.05, 0) is 36.0 Å². The van der Waals surface area contributed by atoms with Gasteiger partial charge in [-0.2, -0.15) is 0 Å². The van der Waals surface area contributed by atoms with Crippen LogP contribution in [0.1, 0.15) is 45.6 Å². The fourth-order valence-corrected chi connectivity index (χ4v) is 5.26. The lowest BCUT2D eigenvalue weighted by Crippen LogP contribution is -2.55. The molecule has 2 heterocycles. The van der Waals surface area contributed by atoms with Gasteiger partial charge < -0.3 is 4.90 Å². The molecule has 1 aliphatic carbocycles. The average molecular weight is 389 g/mol. The zero-order valence-electron chi connectivity index (χ0n) is 16.9. The summed E-state index contributed by atoms with van der Waals surface area (Å²) in [6, 6.07) is 9.06. The van der Waals surface area contributed by atoms with Crippen LogP contribution >= 0.6 is 0 Å². The lowest BCUT2D eigenvalue weighted by atomic mass is 9.87. The van der Waals surface area contributed by atoms with Crippen molar-refractivity contribution in [2.75, 3.05) is 39.3 Å². The maximum atomic E-state index is 13.2. The van der Waals surface area contributed by atoms with Crippen molar-refractivity contribution in [2.24, 2.45) is 4.99 Å². The molecule has 1 unspecified atom stereocenters. The number of guanidine groups is 1. The zero-order valence-corrected chi connectivity index (χ0v) is 17.7. The summed E-state index contributed by atoms with van der Waals surface area (Å²) in [5.74, 6) is 0.932. The Balaban J connectivity index is 1.41. The van der Waals surface area contributed by atoms with Gasteiger partial charge in [0.1, 0.15) is 0 Å². The van der Waals surface area contributed by atoms with Gasteiger partial charge in [0, 0.05) is 32.2 Å². The van der Waals surface area contributed by atoms with E-state index in [9.17, 15) is 4.21 Å². The van der Waals surface area contributed by atoms with Crippen LogP contribution in [-0.4, -0.2) is 69.6 Å². The summed E-state index contributed by atoms with van der Waals surface area (Å²) in [5, 5.41) is 0. The lowest BCUT2D eigenvalue weighted by molar-refractivity contribution is 0.0834. The van der Waals surface area contributed by atoms with Crippen LogP contribution in [0.15, 0.2) is 34.2 Å². The van der Waals surface area contributed by atoms with Crippen molar-refractivity contribution < 1.29 is 4.21 Å².